The molecule has 1 aliphatic rings. The smallest absolute Gasteiger partial charge is 0.288 e. The number of nitrogens with one attached hydrogen (secondary N) is 1. The largest absolute Gasteiger partial charge is 0.402 e. The minimum Gasteiger partial charge on any atom is -0.402 e. The van der Waals surface area contributed by atoms with E-state index in [1.54, 1.807) is 0 Å². The van der Waals surface area contributed by atoms with Gasteiger partial charge in [0.2, 0.25) is 5.91 Å². The third kappa shape index (κ3) is 3.59. The second-order valence-corrected chi connectivity index (χ2v) is 10.3. The van der Waals surface area contributed by atoms with Gasteiger partial charge in [0.05, 0.1) is 12.6 Å². The van der Waals surface area contributed by atoms with Crippen LogP contribution in [-0.2, 0) is 9.22 Å². The summed E-state index contributed by atoms with van der Waals surface area (Å²) in [5.41, 5.74) is 0. The molecule has 4 heteroatoms. The highest BCUT2D eigenvalue weighted by molar-refractivity contribution is 7.07. The molecule has 0 spiro atoms. The molecule has 1 fully saturated rings. The standard InChI is InChI=1S/C23H23NO2Si/c25-23-17-16-19(24-23)18-26-27(20-10-4-1-5-11-20,21-12-6-2-7-13-21)22-14-8-3-9-15-22/h1-15,19H,16-18H2,(H,24,25). The Labute approximate surface area is 161 Å². The maximum Gasteiger partial charge on any atom is 0.288 e. The van der Waals surface area contributed by atoms with Crippen molar-refractivity contribution in [1.29, 1.82) is 0 Å². The Kier molecular flexibility index (Phi) is 5.18. The van der Waals surface area contributed by atoms with Crippen LogP contribution in [0.2, 0.25) is 0 Å². The number of amides is 1. The Morgan fingerprint density at radius 1 is 0.778 bits per heavy atom. The third-order valence-electron chi connectivity index (χ3n) is 5.13. The highest BCUT2D eigenvalue weighted by Gasteiger charge is 2.42. The van der Waals surface area contributed by atoms with Gasteiger partial charge in [-0.05, 0) is 22.0 Å². The topological polar surface area (TPSA) is 38.3 Å². The van der Waals surface area contributed by atoms with Crippen molar-refractivity contribution in [2.24, 2.45) is 0 Å². The first kappa shape index (κ1) is 17.7. The average molecular weight is 374 g/mol. The molecule has 0 aliphatic carbocycles. The van der Waals surface area contributed by atoms with Crippen molar-refractivity contribution in [3.8, 4) is 0 Å². The summed E-state index contributed by atoms with van der Waals surface area (Å²) in [5.74, 6) is 0.120. The third-order valence-corrected chi connectivity index (χ3v) is 9.17. The molecule has 1 N–H and O–H groups in total. The zero-order valence-corrected chi connectivity index (χ0v) is 16.2. The van der Waals surface area contributed by atoms with Crippen molar-refractivity contribution in [2.75, 3.05) is 6.61 Å². The molecule has 27 heavy (non-hydrogen) atoms. The van der Waals surface area contributed by atoms with Crippen LogP contribution >= 0.6 is 0 Å². The fraction of sp³-hybridized carbons (Fsp3) is 0.174. The number of rotatable bonds is 6. The monoisotopic (exact) mass is 373 g/mol. The van der Waals surface area contributed by atoms with Crippen LogP contribution in [0.1, 0.15) is 12.8 Å². The van der Waals surface area contributed by atoms with E-state index in [0.717, 1.165) is 6.42 Å². The molecule has 0 radical (unpaired) electrons. The van der Waals surface area contributed by atoms with Gasteiger partial charge < -0.3 is 9.74 Å². The van der Waals surface area contributed by atoms with Gasteiger partial charge in [-0.3, -0.25) is 4.79 Å². The number of carbonyl (C=O) groups excluding carboxylic acids is 1. The molecular weight excluding hydrogens is 350 g/mol. The number of hydrogen-bond acceptors (Lipinski definition) is 2. The summed E-state index contributed by atoms with van der Waals surface area (Å²) < 4.78 is 6.84. The number of carbonyl (C=O) groups is 1. The molecule has 1 heterocycles. The first-order valence-electron chi connectivity index (χ1n) is 9.39. The summed E-state index contributed by atoms with van der Waals surface area (Å²) in [6, 6.07) is 31.6. The summed E-state index contributed by atoms with van der Waals surface area (Å²) in [6.45, 7) is 0.524. The normalized spacial score (nSPS) is 16.9. The van der Waals surface area contributed by atoms with Gasteiger partial charge >= 0.3 is 0 Å². The molecule has 1 amide bonds. The van der Waals surface area contributed by atoms with Gasteiger partial charge in [0.25, 0.3) is 8.32 Å². The fourth-order valence-electron chi connectivity index (χ4n) is 3.80. The van der Waals surface area contributed by atoms with Crippen molar-refractivity contribution in [2.45, 2.75) is 18.9 Å². The van der Waals surface area contributed by atoms with Gasteiger partial charge in [0.1, 0.15) is 0 Å². The van der Waals surface area contributed by atoms with Crippen LogP contribution in [0, 0.1) is 0 Å². The van der Waals surface area contributed by atoms with E-state index in [4.69, 9.17) is 4.43 Å². The second kappa shape index (κ2) is 7.90. The van der Waals surface area contributed by atoms with Crippen LogP contribution in [0.15, 0.2) is 91.0 Å². The Morgan fingerprint density at radius 3 is 1.59 bits per heavy atom. The van der Waals surface area contributed by atoms with Crippen molar-refractivity contribution in [1.82, 2.24) is 5.32 Å². The summed E-state index contributed by atoms with van der Waals surface area (Å²) in [7, 11) is -2.66. The predicted octanol–water partition coefficient (Wildman–Crippen LogP) is 1.95. The van der Waals surface area contributed by atoms with Gasteiger partial charge in [0.15, 0.2) is 0 Å². The Balaban J connectivity index is 1.82. The maximum atomic E-state index is 11.6. The van der Waals surface area contributed by atoms with E-state index < -0.39 is 8.32 Å². The highest BCUT2D eigenvalue weighted by Crippen LogP contribution is 2.13. The van der Waals surface area contributed by atoms with E-state index in [1.807, 2.05) is 18.2 Å². The van der Waals surface area contributed by atoms with Crippen LogP contribution in [0.25, 0.3) is 0 Å². The van der Waals surface area contributed by atoms with Gasteiger partial charge in [-0.1, -0.05) is 91.0 Å². The summed E-state index contributed by atoms with van der Waals surface area (Å²) in [4.78, 5) is 11.6. The zero-order chi connectivity index (χ0) is 18.5. The van der Waals surface area contributed by atoms with Crippen molar-refractivity contribution < 1.29 is 9.22 Å². The van der Waals surface area contributed by atoms with E-state index in [0.29, 0.717) is 13.0 Å². The molecule has 3 aromatic rings. The van der Waals surface area contributed by atoms with Crippen LogP contribution in [-0.4, -0.2) is 26.9 Å². The summed E-state index contributed by atoms with van der Waals surface area (Å²) in [5, 5.41) is 6.68. The molecule has 1 aliphatic heterocycles. The lowest BCUT2D eigenvalue weighted by Gasteiger charge is -2.34. The van der Waals surface area contributed by atoms with Crippen molar-refractivity contribution in [3.05, 3.63) is 91.0 Å². The molecule has 3 nitrogen and oxygen atoms in total. The van der Waals surface area contributed by atoms with Crippen LogP contribution < -0.4 is 20.9 Å². The Morgan fingerprint density at radius 2 is 1.22 bits per heavy atom. The van der Waals surface area contributed by atoms with E-state index in [2.05, 4.69) is 78.1 Å². The van der Waals surface area contributed by atoms with Crippen LogP contribution in [0.3, 0.4) is 0 Å². The van der Waals surface area contributed by atoms with Crippen LogP contribution in [0.4, 0.5) is 0 Å². The molecule has 136 valence electrons. The van der Waals surface area contributed by atoms with Gasteiger partial charge in [-0.15, -0.1) is 0 Å². The van der Waals surface area contributed by atoms with Crippen molar-refractivity contribution >= 4 is 29.8 Å². The molecule has 3 aromatic carbocycles. The zero-order valence-electron chi connectivity index (χ0n) is 15.2. The summed E-state index contributed by atoms with van der Waals surface area (Å²) in [6.07, 6.45) is 1.42. The molecule has 1 atom stereocenters. The molecule has 0 saturated carbocycles. The van der Waals surface area contributed by atoms with E-state index >= 15 is 0 Å². The van der Waals surface area contributed by atoms with Crippen molar-refractivity contribution in [3.63, 3.8) is 0 Å². The molecule has 1 unspecified atom stereocenters. The fourth-order valence-corrected chi connectivity index (χ4v) is 7.73. The molecule has 0 bridgehead atoms. The number of hydrogen-bond donors (Lipinski definition) is 1. The molecule has 4 rings (SSSR count). The molecular formula is C23H23NO2Si. The Bertz CT molecular complexity index is 787. The summed E-state index contributed by atoms with van der Waals surface area (Å²) >= 11 is 0. The average Bonchev–Trinajstić information content (AvgIpc) is 3.16. The van der Waals surface area contributed by atoms with Gasteiger partial charge in [-0.25, -0.2) is 0 Å². The SMILES string of the molecule is O=C1CCC(CO[Si](c2ccccc2)(c2ccccc2)c2ccccc2)N1. The lowest BCUT2D eigenvalue weighted by Crippen LogP contribution is -2.70. The lowest BCUT2D eigenvalue weighted by atomic mass is 10.2. The molecule has 0 aromatic heterocycles. The Hall–Kier alpha value is -2.69. The van der Waals surface area contributed by atoms with E-state index in [9.17, 15) is 4.79 Å². The van der Waals surface area contributed by atoms with Crippen LogP contribution in [0.5, 0.6) is 0 Å². The predicted molar refractivity (Wildman–Crippen MR) is 111 cm³/mol. The van der Waals surface area contributed by atoms with Gasteiger partial charge in [-0.2, -0.15) is 0 Å². The van der Waals surface area contributed by atoms with Gasteiger partial charge in [0, 0.05) is 6.42 Å². The second-order valence-electron chi connectivity index (χ2n) is 6.89. The number of benzene rings is 3. The quantitative estimate of drug-likeness (QED) is 0.530. The highest BCUT2D eigenvalue weighted by atomic mass is 28.4. The van der Waals surface area contributed by atoms with E-state index in [-0.39, 0.29) is 11.9 Å². The first-order valence-corrected chi connectivity index (χ1v) is 11.3. The minimum atomic E-state index is -2.66. The maximum absolute atomic E-state index is 11.6. The minimum absolute atomic E-state index is 0.0838. The molecule has 1 saturated heterocycles. The first-order chi connectivity index (χ1) is 13.3. The van der Waals surface area contributed by atoms with E-state index in [1.165, 1.54) is 15.6 Å². The lowest BCUT2D eigenvalue weighted by molar-refractivity contribution is -0.119.